The van der Waals surface area contributed by atoms with Gasteiger partial charge in [-0.25, -0.2) is 4.79 Å². The molecule has 0 rings (SSSR count). The third-order valence-corrected chi connectivity index (χ3v) is 6.02. The minimum Gasteiger partial charge on any atom is -0.548 e. The van der Waals surface area contributed by atoms with Gasteiger partial charge in [-0.15, -0.1) is 0 Å². The molecule has 0 aliphatic heterocycles. The van der Waals surface area contributed by atoms with Gasteiger partial charge in [0.2, 0.25) is 0 Å². The van der Waals surface area contributed by atoms with Crippen molar-refractivity contribution in [1.29, 1.82) is 0 Å². The minimum absolute atomic E-state index is 0.00726. The van der Waals surface area contributed by atoms with Gasteiger partial charge >= 0.3 is 5.12 Å². The Kier molecular flexibility index (Phi) is 12.3. The van der Waals surface area contributed by atoms with Gasteiger partial charge in [0.05, 0.1) is 22.6 Å². The molecule has 0 bridgehead atoms. The molecule has 1 N–H and O–H groups in total. The number of aliphatic carboxylic acids is 1. The van der Waals surface area contributed by atoms with Crippen LogP contribution in [0.15, 0.2) is 12.2 Å². The molecule has 0 saturated heterocycles. The fourth-order valence-corrected chi connectivity index (χ4v) is 3.65. The first-order valence-electron chi connectivity index (χ1n) is 7.03. The van der Waals surface area contributed by atoms with E-state index >= 15 is 0 Å². The van der Waals surface area contributed by atoms with Crippen LogP contribution in [0.25, 0.3) is 0 Å². The van der Waals surface area contributed by atoms with Crippen molar-refractivity contribution in [2.24, 2.45) is 0 Å². The summed E-state index contributed by atoms with van der Waals surface area (Å²) in [4.78, 5) is 23.1. The molecule has 0 radical (unpaired) electrons. The number of hydrogen-bond donors (Lipinski definition) is 1. The lowest BCUT2D eigenvalue weighted by molar-refractivity contribution is -0.310. The van der Waals surface area contributed by atoms with Crippen LogP contribution >= 0.6 is 0 Å². The number of carbonyl (C=O) groups excluding carboxylic acids is 2. The average Bonchev–Trinajstić information content (AvgIpc) is 2.41. The van der Waals surface area contributed by atoms with E-state index < -0.39 is 33.0 Å². The van der Waals surface area contributed by atoms with Crippen molar-refractivity contribution in [3.63, 3.8) is 0 Å². The molecule has 0 aromatic carbocycles. The van der Waals surface area contributed by atoms with Crippen LogP contribution in [0.2, 0.25) is 0 Å². The smallest absolute Gasteiger partial charge is 0.357 e. The van der Waals surface area contributed by atoms with E-state index in [2.05, 4.69) is 6.58 Å². The third kappa shape index (κ3) is 13.3. The first-order chi connectivity index (χ1) is 10.3. The molecular weight excluding hydrogens is 342 g/mol. The highest BCUT2D eigenvalue weighted by atomic mass is 32.2. The number of carboxylic acid groups (broad SMARTS) is 1. The fourth-order valence-electron chi connectivity index (χ4n) is 1.24. The topological polar surface area (TPSA) is 115 Å². The highest BCUT2D eigenvalue weighted by Crippen LogP contribution is 2.07. The van der Waals surface area contributed by atoms with E-state index in [-0.39, 0.29) is 10.9 Å². The summed E-state index contributed by atoms with van der Waals surface area (Å²) >= 11 is 0. The Morgan fingerprint density at radius 3 is 2.04 bits per heavy atom. The van der Waals surface area contributed by atoms with Gasteiger partial charge in [0, 0.05) is 18.0 Å². The maximum Gasteiger partial charge on any atom is 0.357 e. The molecule has 0 aromatic heterocycles. The van der Waals surface area contributed by atoms with Crippen molar-refractivity contribution in [3.05, 3.63) is 12.2 Å². The van der Waals surface area contributed by atoms with Gasteiger partial charge in [0.15, 0.2) is 0 Å². The second kappa shape index (κ2) is 11.6. The number of nitrogens with zero attached hydrogens (tertiary/aromatic N) is 1. The van der Waals surface area contributed by atoms with E-state index in [1.165, 1.54) is 0 Å². The number of likely N-dealkylation sites (N-methyl/N-ethyl adjacent to an activating group) is 1. The predicted molar refractivity (Wildman–Crippen MR) is 91.8 cm³/mol. The molecule has 7 nitrogen and oxygen atoms in total. The summed E-state index contributed by atoms with van der Waals surface area (Å²) < 4.78 is 29.4. The number of carboxylic acids is 1. The SMILES string of the molecule is C=C(C)C(=O)[S+](CC)CCCS(=O)(=O)O.CC(C(=O)[O-])N(C)C. The van der Waals surface area contributed by atoms with Gasteiger partial charge in [-0.3, -0.25) is 4.55 Å². The van der Waals surface area contributed by atoms with Crippen molar-refractivity contribution in [2.45, 2.75) is 33.2 Å². The second-order valence-corrected chi connectivity index (χ2v) is 9.07. The zero-order chi connectivity index (χ0) is 18.8. The lowest BCUT2D eigenvalue weighted by Gasteiger charge is -2.19. The van der Waals surface area contributed by atoms with Crippen molar-refractivity contribution < 1.29 is 27.7 Å². The molecule has 0 aliphatic carbocycles. The van der Waals surface area contributed by atoms with Gasteiger partial charge in [0.1, 0.15) is 11.5 Å². The van der Waals surface area contributed by atoms with Crippen molar-refractivity contribution in [2.75, 3.05) is 31.4 Å². The Morgan fingerprint density at radius 2 is 1.83 bits per heavy atom. The molecule has 0 spiro atoms. The van der Waals surface area contributed by atoms with E-state index in [4.69, 9.17) is 4.55 Å². The molecular formula is C14H27NO6S2. The van der Waals surface area contributed by atoms with Gasteiger partial charge in [-0.1, -0.05) is 6.58 Å². The van der Waals surface area contributed by atoms with E-state index in [0.717, 1.165) is 0 Å². The largest absolute Gasteiger partial charge is 0.548 e. The first-order valence-corrected chi connectivity index (χ1v) is 10.2. The van der Waals surface area contributed by atoms with Crippen LogP contribution in [0, 0.1) is 0 Å². The monoisotopic (exact) mass is 369 g/mol. The van der Waals surface area contributed by atoms with Crippen molar-refractivity contribution in [1.82, 2.24) is 4.90 Å². The summed E-state index contributed by atoms with van der Waals surface area (Å²) in [5.41, 5.74) is 0.507. The quantitative estimate of drug-likeness (QED) is 0.354. The molecule has 0 aliphatic rings. The Hall–Kier alpha value is -0.900. The summed E-state index contributed by atoms with van der Waals surface area (Å²) in [6.45, 7) is 8.69. The molecule has 9 heteroatoms. The standard InChI is InChI=1S/C9H16O4S2.C5H11NO2/c1-4-14(9(10)8(2)3)6-5-7-15(11,12)13;1-4(5(7)8)6(2)3/h2,4-7H2,1,3H3;4H,1-3H3,(H,7,8). The van der Waals surface area contributed by atoms with Gasteiger partial charge in [0.25, 0.3) is 10.1 Å². The fraction of sp³-hybridized carbons (Fsp3) is 0.714. The van der Waals surface area contributed by atoms with E-state index in [0.29, 0.717) is 23.5 Å². The van der Waals surface area contributed by atoms with Crippen LogP contribution in [-0.2, 0) is 30.6 Å². The van der Waals surface area contributed by atoms with Gasteiger partial charge in [-0.2, -0.15) is 8.42 Å². The normalized spacial score (nSPS) is 13.7. The van der Waals surface area contributed by atoms with Crippen LogP contribution in [0.1, 0.15) is 27.2 Å². The number of hydrogen-bond acceptors (Lipinski definition) is 6. The van der Waals surface area contributed by atoms with E-state index in [1.807, 2.05) is 6.92 Å². The number of rotatable bonds is 8. The molecule has 0 aromatic rings. The maximum atomic E-state index is 11.5. The van der Waals surface area contributed by atoms with Crippen LogP contribution in [0.5, 0.6) is 0 Å². The molecule has 0 heterocycles. The lowest BCUT2D eigenvalue weighted by atomic mass is 10.3. The van der Waals surface area contributed by atoms with Crippen LogP contribution in [-0.4, -0.2) is 66.4 Å². The summed E-state index contributed by atoms with van der Waals surface area (Å²) in [7, 11) is -0.968. The Morgan fingerprint density at radius 1 is 1.35 bits per heavy atom. The zero-order valence-electron chi connectivity index (χ0n) is 14.4. The highest BCUT2D eigenvalue weighted by molar-refractivity contribution is 8.11. The Balaban J connectivity index is 0. The van der Waals surface area contributed by atoms with Crippen LogP contribution in [0.4, 0.5) is 0 Å². The summed E-state index contributed by atoms with van der Waals surface area (Å²) in [5, 5.41) is 10.00. The van der Waals surface area contributed by atoms with Gasteiger partial charge in [-0.05, 0) is 34.9 Å². The predicted octanol–water partition coefficient (Wildman–Crippen LogP) is -0.308. The Bertz CT molecular complexity index is 501. The zero-order valence-corrected chi connectivity index (χ0v) is 16.0. The van der Waals surface area contributed by atoms with Crippen LogP contribution < -0.4 is 5.11 Å². The molecule has 136 valence electrons. The highest BCUT2D eigenvalue weighted by Gasteiger charge is 2.27. The van der Waals surface area contributed by atoms with Gasteiger partial charge < -0.3 is 14.8 Å². The van der Waals surface area contributed by atoms with Crippen LogP contribution in [0.3, 0.4) is 0 Å². The molecule has 0 fully saturated rings. The molecule has 0 amide bonds. The second-order valence-electron chi connectivity index (χ2n) is 5.15. The van der Waals surface area contributed by atoms with E-state index in [9.17, 15) is 23.1 Å². The Labute approximate surface area is 141 Å². The average molecular weight is 370 g/mol. The third-order valence-electron chi connectivity index (χ3n) is 2.87. The van der Waals surface area contributed by atoms with Crippen molar-refractivity contribution in [3.8, 4) is 0 Å². The van der Waals surface area contributed by atoms with Crippen molar-refractivity contribution >= 4 is 32.1 Å². The molecule has 23 heavy (non-hydrogen) atoms. The minimum atomic E-state index is -3.90. The molecule has 2 unspecified atom stereocenters. The molecule has 0 saturated carbocycles. The van der Waals surface area contributed by atoms with E-state index in [1.54, 1.807) is 32.8 Å². The number of carbonyl (C=O) groups is 2. The molecule has 2 atom stereocenters. The summed E-state index contributed by atoms with van der Waals surface area (Å²) in [5.74, 6) is -0.117. The summed E-state index contributed by atoms with van der Waals surface area (Å²) in [6, 6.07) is -0.491. The maximum absolute atomic E-state index is 11.5. The summed E-state index contributed by atoms with van der Waals surface area (Å²) in [6.07, 6.45) is 0.314. The first kappa shape index (κ1) is 24.4. The lowest BCUT2D eigenvalue weighted by Crippen LogP contribution is -2.42.